The Morgan fingerprint density at radius 3 is 2.15 bits per heavy atom. The van der Waals surface area contributed by atoms with Crippen molar-refractivity contribution in [1.82, 2.24) is 10.2 Å². The van der Waals surface area contributed by atoms with Crippen LogP contribution in [0.4, 0.5) is 0 Å². The second-order valence-corrected chi connectivity index (χ2v) is 5.96. The highest BCUT2D eigenvalue weighted by Crippen LogP contribution is 2.49. The van der Waals surface area contributed by atoms with Gasteiger partial charge in [-0.2, -0.15) is 0 Å². The molecule has 1 aliphatic heterocycles. The molecule has 0 aromatic rings. The van der Waals surface area contributed by atoms with Gasteiger partial charge in [-0.25, -0.2) is 0 Å². The van der Waals surface area contributed by atoms with Gasteiger partial charge in [0.1, 0.15) is 6.04 Å². The van der Waals surface area contributed by atoms with Crippen molar-refractivity contribution in [3.63, 3.8) is 0 Å². The zero-order chi connectivity index (χ0) is 14.4. The van der Waals surface area contributed by atoms with Crippen molar-refractivity contribution in [2.45, 2.75) is 32.7 Å². The van der Waals surface area contributed by atoms with Gasteiger partial charge >= 0.3 is 0 Å². The SMILES string of the molecule is CCNC(=O)[C@H](C)N1C(=O)[C@@H]2[C@@H](C1=O)[C@H]1C=C[C@H]2CC1. The maximum absolute atomic E-state index is 12.6. The predicted molar refractivity (Wildman–Crippen MR) is 72.3 cm³/mol. The molecule has 0 aromatic carbocycles. The Kier molecular flexibility index (Phi) is 3.15. The van der Waals surface area contributed by atoms with Crippen molar-refractivity contribution >= 4 is 17.7 Å². The standard InChI is InChI=1S/C15H20N2O3/c1-3-16-13(18)8(2)17-14(19)11-9-4-5-10(7-6-9)12(11)15(17)20/h4-5,8-12H,3,6-7H2,1-2H3,(H,16,18)/t8-,9-,10-,11-,12-/m0/s1. The number of nitrogens with zero attached hydrogens (tertiary/aromatic N) is 1. The Bertz CT molecular complexity index is 467. The minimum absolute atomic E-state index is 0.155. The zero-order valence-electron chi connectivity index (χ0n) is 11.8. The van der Waals surface area contributed by atoms with E-state index in [1.807, 2.05) is 6.92 Å². The first kappa shape index (κ1) is 13.3. The highest BCUT2D eigenvalue weighted by atomic mass is 16.2. The van der Waals surface area contributed by atoms with E-state index in [0.717, 1.165) is 12.8 Å². The van der Waals surface area contributed by atoms with Crippen LogP contribution in [0.25, 0.3) is 0 Å². The summed E-state index contributed by atoms with van der Waals surface area (Å²) >= 11 is 0. The third kappa shape index (κ3) is 1.72. The molecule has 0 aromatic heterocycles. The van der Waals surface area contributed by atoms with Gasteiger partial charge in [0, 0.05) is 6.54 Å². The Balaban J connectivity index is 1.87. The molecule has 1 heterocycles. The monoisotopic (exact) mass is 276 g/mol. The van der Waals surface area contributed by atoms with Crippen molar-refractivity contribution in [3.8, 4) is 0 Å². The predicted octanol–water partition coefficient (Wildman–Crippen LogP) is 0.708. The molecule has 5 atom stereocenters. The summed E-state index contributed by atoms with van der Waals surface area (Å²) in [7, 11) is 0. The summed E-state index contributed by atoms with van der Waals surface area (Å²) in [5.74, 6) is -0.684. The van der Waals surface area contributed by atoms with Crippen molar-refractivity contribution in [2.24, 2.45) is 23.7 Å². The van der Waals surface area contributed by atoms with Gasteiger partial charge in [-0.05, 0) is 38.5 Å². The highest BCUT2D eigenvalue weighted by molar-refractivity contribution is 6.08. The summed E-state index contributed by atoms with van der Waals surface area (Å²) in [4.78, 5) is 38.3. The van der Waals surface area contributed by atoms with E-state index in [1.54, 1.807) is 6.92 Å². The molecule has 5 nitrogen and oxygen atoms in total. The van der Waals surface area contributed by atoms with Crippen molar-refractivity contribution < 1.29 is 14.4 Å². The molecule has 0 unspecified atom stereocenters. The summed E-state index contributed by atoms with van der Waals surface area (Å²) in [6.07, 6.45) is 6.12. The number of allylic oxidation sites excluding steroid dienone is 2. The van der Waals surface area contributed by atoms with E-state index in [1.165, 1.54) is 4.90 Å². The molecular weight excluding hydrogens is 256 g/mol. The van der Waals surface area contributed by atoms with Crippen LogP contribution >= 0.6 is 0 Å². The largest absolute Gasteiger partial charge is 0.355 e. The van der Waals surface area contributed by atoms with Gasteiger partial charge in [0.05, 0.1) is 11.8 Å². The molecule has 3 aliphatic carbocycles. The molecule has 2 bridgehead atoms. The number of likely N-dealkylation sites (tertiary alicyclic amines) is 1. The lowest BCUT2D eigenvalue weighted by Crippen LogP contribution is -2.48. The highest BCUT2D eigenvalue weighted by Gasteiger charge is 2.57. The Morgan fingerprint density at radius 2 is 1.75 bits per heavy atom. The number of nitrogens with one attached hydrogen (secondary N) is 1. The van der Waals surface area contributed by atoms with Crippen LogP contribution < -0.4 is 5.32 Å². The van der Waals surface area contributed by atoms with Crippen molar-refractivity contribution in [1.29, 1.82) is 0 Å². The van der Waals surface area contributed by atoms with Crippen LogP contribution in [-0.4, -0.2) is 35.2 Å². The number of hydrogen-bond donors (Lipinski definition) is 1. The Labute approximate surface area is 118 Å². The van der Waals surface area contributed by atoms with Gasteiger partial charge in [-0.1, -0.05) is 12.2 Å². The fourth-order valence-electron chi connectivity index (χ4n) is 3.92. The molecule has 4 aliphatic rings. The average Bonchev–Trinajstić information content (AvgIpc) is 2.74. The first-order valence-corrected chi connectivity index (χ1v) is 7.39. The second-order valence-electron chi connectivity index (χ2n) is 5.96. The third-order valence-corrected chi connectivity index (χ3v) is 4.91. The lowest BCUT2D eigenvalue weighted by Gasteiger charge is -2.38. The molecule has 108 valence electrons. The number of likely N-dealkylation sites (N-methyl/N-ethyl adjacent to an activating group) is 1. The van der Waals surface area contributed by atoms with Crippen LogP contribution in [0.1, 0.15) is 26.7 Å². The molecule has 1 N–H and O–H groups in total. The fourth-order valence-corrected chi connectivity index (χ4v) is 3.92. The summed E-state index contributed by atoms with van der Waals surface area (Å²) in [6.45, 7) is 3.95. The molecule has 4 rings (SSSR count). The van der Waals surface area contributed by atoms with E-state index >= 15 is 0 Å². The average molecular weight is 276 g/mol. The summed E-state index contributed by atoms with van der Waals surface area (Å²) in [5, 5.41) is 2.68. The quantitative estimate of drug-likeness (QED) is 0.610. The number of carbonyl (C=O) groups excluding carboxylic acids is 3. The van der Waals surface area contributed by atoms with E-state index in [-0.39, 0.29) is 41.4 Å². The van der Waals surface area contributed by atoms with Gasteiger partial charge < -0.3 is 5.32 Å². The fraction of sp³-hybridized carbons (Fsp3) is 0.667. The van der Waals surface area contributed by atoms with Gasteiger partial charge in [0.25, 0.3) is 0 Å². The summed E-state index contributed by atoms with van der Waals surface area (Å²) < 4.78 is 0. The normalized spacial score (nSPS) is 36.2. The van der Waals surface area contributed by atoms with Gasteiger partial charge in [0.15, 0.2) is 0 Å². The number of imide groups is 1. The van der Waals surface area contributed by atoms with Gasteiger partial charge in [0.2, 0.25) is 17.7 Å². The number of rotatable bonds is 3. The maximum Gasteiger partial charge on any atom is 0.243 e. The van der Waals surface area contributed by atoms with Crippen LogP contribution in [-0.2, 0) is 14.4 Å². The second kappa shape index (κ2) is 4.72. The number of hydrogen-bond acceptors (Lipinski definition) is 3. The molecular formula is C15H20N2O3. The first-order chi connectivity index (χ1) is 9.56. The lowest BCUT2D eigenvalue weighted by atomic mass is 9.63. The number of carbonyl (C=O) groups is 3. The van der Waals surface area contributed by atoms with Crippen LogP contribution in [0.3, 0.4) is 0 Å². The Hall–Kier alpha value is -1.65. The van der Waals surface area contributed by atoms with E-state index in [9.17, 15) is 14.4 Å². The smallest absolute Gasteiger partial charge is 0.243 e. The van der Waals surface area contributed by atoms with Crippen LogP contribution in [0.15, 0.2) is 12.2 Å². The van der Waals surface area contributed by atoms with Gasteiger partial charge in [-0.15, -0.1) is 0 Å². The molecule has 0 spiro atoms. The van der Waals surface area contributed by atoms with Crippen LogP contribution in [0.5, 0.6) is 0 Å². The molecule has 2 fully saturated rings. The van der Waals surface area contributed by atoms with E-state index in [2.05, 4.69) is 17.5 Å². The molecule has 5 heteroatoms. The van der Waals surface area contributed by atoms with Gasteiger partial charge in [-0.3, -0.25) is 19.3 Å². The third-order valence-electron chi connectivity index (χ3n) is 4.91. The lowest BCUT2D eigenvalue weighted by molar-refractivity contribution is -0.147. The maximum atomic E-state index is 12.6. The van der Waals surface area contributed by atoms with E-state index in [4.69, 9.17) is 0 Å². The molecule has 0 radical (unpaired) electrons. The van der Waals surface area contributed by atoms with Crippen LogP contribution in [0, 0.1) is 23.7 Å². The summed E-state index contributed by atoms with van der Waals surface area (Å²) in [5.41, 5.74) is 0. The number of amides is 3. The first-order valence-electron chi connectivity index (χ1n) is 7.39. The minimum Gasteiger partial charge on any atom is -0.355 e. The number of fused-ring (bicyclic) bond motifs is 1. The van der Waals surface area contributed by atoms with Crippen molar-refractivity contribution in [3.05, 3.63) is 12.2 Å². The molecule has 3 amide bonds. The molecule has 1 saturated heterocycles. The molecule has 20 heavy (non-hydrogen) atoms. The van der Waals surface area contributed by atoms with Crippen molar-refractivity contribution in [2.75, 3.05) is 6.54 Å². The molecule has 1 saturated carbocycles. The summed E-state index contributed by atoms with van der Waals surface area (Å²) in [6, 6.07) is -0.708. The van der Waals surface area contributed by atoms with E-state index in [0.29, 0.717) is 6.54 Å². The zero-order valence-corrected chi connectivity index (χ0v) is 11.8. The Morgan fingerprint density at radius 1 is 1.25 bits per heavy atom. The van der Waals surface area contributed by atoms with E-state index < -0.39 is 6.04 Å². The minimum atomic E-state index is -0.708. The van der Waals surface area contributed by atoms with Crippen LogP contribution in [0.2, 0.25) is 0 Å². The topological polar surface area (TPSA) is 66.5 Å².